The highest BCUT2D eigenvalue weighted by molar-refractivity contribution is 6.24. The van der Waals surface area contributed by atoms with E-state index < -0.39 is 36.2 Å². The van der Waals surface area contributed by atoms with E-state index in [2.05, 4.69) is 0 Å². The van der Waals surface area contributed by atoms with Crippen molar-refractivity contribution in [2.45, 2.75) is 38.3 Å². The van der Waals surface area contributed by atoms with E-state index >= 15 is 0 Å². The third kappa shape index (κ3) is 5.95. The second-order valence-electron chi connectivity index (χ2n) is 7.60. The minimum absolute atomic E-state index is 0.0596. The Bertz CT molecular complexity index is 1020. The summed E-state index contributed by atoms with van der Waals surface area (Å²) in [6.07, 6.45) is 0.763. The molecule has 0 aliphatic carbocycles. The average Bonchev–Trinajstić information content (AvgIpc) is 3.05. The topological polar surface area (TPSA) is 136 Å². The quantitative estimate of drug-likeness (QED) is 0.350. The number of benzene rings is 2. The highest BCUT2D eigenvalue weighted by Gasteiger charge is 2.43. The van der Waals surface area contributed by atoms with Crippen LogP contribution in [0.4, 0.5) is 0 Å². The van der Waals surface area contributed by atoms with Crippen molar-refractivity contribution in [2.75, 3.05) is 13.2 Å². The molecule has 2 aromatic rings. The number of nitrogens with zero attached hydrogens (tertiary/aromatic N) is 1. The van der Waals surface area contributed by atoms with Crippen molar-refractivity contribution in [3.8, 4) is 5.75 Å². The fourth-order valence-corrected chi connectivity index (χ4v) is 3.59. The first-order valence-corrected chi connectivity index (χ1v) is 10.7. The molecule has 0 saturated heterocycles. The van der Waals surface area contributed by atoms with Gasteiger partial charge in [-0.3, -0.25) is 24.1 Å². The maximum Gasteiger partial charge on any atom is 0.303 e. The molecule has 0 spiro atoms. The number of carboxylic acid groups (broad SMARTS) is 1. The van der Waals surface area contributed by atoms with Crippen LogP contribution in [0.5, 0.6) is 5.75 Å². The lowest BCUT2D eigenvalue weighted by atomic mass is 10.1. The van der Waals surface area contributed by atoms with E-state index in [0.29, 0.717) is 26.2 Å². The standard InChI is InChI=1S/C24H26N2O7/c25-22(29)18(11-12-20(27)28)26-23(30)17-9-6-10-19(21(17)24(26)31)33-14-5-4-13-32-15-16-7-2-1-3-8-16/h1-3,6-10,18H,4-5,11-15H2,(H2,25,29)(H,27,28). The molecule has 1 heterocycles. The molecule has 1 atom stereocenters. The van der Waals surface area contributed by atoms with Crippen LogP contribution in [-0.4, -0.2) is 53.0 Å². The summed E-state index contributed by atoms with van der Waals surface area (Å²) in [5.41, 5.74) is 6.61. The van der Waals surface area contributed by atoms with Crippen molar-refractivity contribution in [2.24, 2.45) is 5.73 Å². The zero-order valence-electron chi connectivity index (χ0n) is 18.1. The summed E-state index contributed by atoms with van der Waals surface area (Å²) < 4.78 is 11.4. The van der Waals surface area contributed by atoms with E-state index in [1.165, 1.54) is 6.07 Å². The highest BCUT2D eigenvalue weighted by atomic mass is 16.5. The number of imide groups is 1. The molecule has 33 heavy (non-hydrogen) atoms. The van der Waals surface area contributed by atoms with Crippen LogP contribution in [0.15, 0.2) is 48.5 Å². The van der Waals surface area contributed by atoms with Crippen LogP contribution in [0, 0.1) is 0 Å². The van der Waals surface area contributed by atoms with E-state index in [4.69, 9.17) is 20.3 Å². The predicted octanol–water partition coefficient (Wildman–Crippen LogP) is 2.38. The number of fused-ring (bicyclic) bond motifs is 1. The van der Waals surface area contributed by atoms with Gasteiger partial charge >= 0.3 is 5.97 Å². The SMILES string of the molecule is NC(=O)C(CCC(=O)O)N1C(=O)c2cccc(OCCCCOCc3ccccc3)c2C1=O. The van der Waals surface area contributed by atoms with Crippen LogP contribution in [0.1, 0.15) is 52.0 Å². The molecule has 0 radical (unpaired) electrons. The van der Waals surface area contributed by atoms with Gasteiger partial charge in [0.05, 0.1) is 24.3 Å². The van der Waals surface area contributed by atoms with E-state index in [1.54, 1.807) is 12.1 Å². The normalized spacial score (nSPS) is 13.6. The van der Waals surface area contributed by atoms with Crippen LogP contribution < -0.4 is 10.5 Å². The number of carboxylic acids is 1. The molecule has 3 amide bonds. The Morgan fingerprint density at radius 1 is 0.970 bits per heavy atom. The fraction of sp³-hybridized carbons (Fsp3) is 0.333. The number of hydrogen-bond acceptors (Lipinski definition) is 6. The zero-order valence-corrected chi connectivity index (χ0v) is 18.1. The third-order valence-electron chi connectivity index (χ3n) is 5.23. The lowest BCUT2D eigenvalue weighted by Crippen LogP contribution is -2.48. The summed E-state index contributed by atoms with van der Waals surface area (Å²) in [4.78, 5) is 49.3. The second kappa shape index (κ2) is 11.2. The summed E-state index contributed by atoms with van der Waals surface area (Å²) in [5, 5.41) is 8.90. The molecule has 174 valence electrons. The molecule has 1 aliphatic heterocycles. The number of aliphatic carboxylic acids is 1. The average molecular weight is 454 g/mol. The third-order valence-corrected chi connectivity index (χ3v) is 5.23. The number of nitrogens with two attached hydrogens (primary N) is 1. The van der Waals surface area contributed by atoms with E-state index in [1.807, 2.05) is 30.3 Å². The van der Waals surface area contributed by atoms with E-state index in [-0.39, 0.29) is 23.3 Å². The Hall–Kier alpha value is -3.72. The summed E-state index contributed by atoms with van der Waals surface area (Å²) in [7, 11) is 0. The van der Waals surface area contributed by atoms with Crippen molar-refractivity contribution in [1.82, 2.24) is 4.90 Å². The Morgan fingerprint density at radius 2 is 1.70 bits per heavy atom. The Balaban J connectivity index is 1.56. The van der Waals surface area contributed by atoms with Gasteiger partial charge in [0.15, 0.2) is 0 Å². The molecule has 3 rings (SSSR count). The highest BCUT2D eigenvalue weighted by Crippen LogP contribution is 2.33. The maximum absolute atomic E-state index is 13.0. The number of ether oxygens (including phenoxy) is 2. The predicted molar refractivity (Wildman–Crippen MR) is 118 cm³/mol. The van der Waals surface area contributed by atoms with Crippen LogP contribution in [0.3, 0.4) is 0 Å². The van der Waals surface area contributed by atoms with Crippen LogP contribution >= 0.6 is 0 Å². The minimum atomic E-state index is -1.34. The molecule has 3 N–H and O–H groups in total. The van der Waals surface area contributed by atoms with Gasteiger partial charge in [0, 0.05) is 13.0 Å². The molecule has 9 heteroatoms. The molecular formula is C24H26N2O7. The molecule has 1 unspecified atom stereocenters. The zero-order chi connectivity index (χ0) is 23.8. The number of amides is 3. The first kappa shape index (κ1) is 23.9. The van der Waals surface area contributed by atoms with Gasteiger partial charge in [-0.2, -0.15) is 0 Å². The van der Waals surface area contributed by atoms with Gasteiger partial charge in [0.25, 0.3) is 11.8 Å². The van der Waals surface area contributed by atoms with Gasteiger partial charge in [0.1, 0.15) is 11.8 Å². The number of primary amides is 1. The van der Waals surface area contributed by atoms with Crippen molar-refractivity contribution >= 4 is 23.7 Å². The van der Waals surface area contributed by atoms with Crippen molar-refractivity contribution in [3.63, 3.8) is 0 Å². The van der Waals surface area contributed by atoms with E-state index in [9.17, 15) is 19.2 Å². The molecule has 0 saturated carbocycles. The van der Waals surface area contributed by atoms with Crippen LogP contribution in [0.25, 0.3) is 0 Å². The lowest BCUT2D eigenvalue weighted by molar-refractivity contribution is -0.137. The van der Waals surface area contributed by atoms with E-state index in [0.717, 1.165) is 16.9 Å². The van der Waals surface area contributed by atoms with Gasteiger partial charge in [0.2, 0.25) is 5.91 Å². The van der Waals surface area contributed by atoms with Crippen molar-refractivity contribution < 1.29 is 33.8 Å². The van der Waals surface area contributed by atoms with Gasteiger partial charge < -0.3 is 20.3 Å². The summed E-state index contributed by atoms with van der Waals surface area (Å²) in [6.45, 7) is 1.40. The van der Waals surface area contributed by atoms with Crippen molar-refractivity contribution in [3.05, 3.63) is 65.2 Å². The Morgan fingerprint density at radius 3 is 2.39 bits per heavy atom. The maximum atomic E-state index is 13.0. The Labute approximate surface area is 191 Å². The van der Waals surface area contributed by atoms with Gasteiger partial charge in [-0.15, -0.1) is 0 Å². The van der Waals surface area contributed by atoms with Gasteiger partial charge in [-0.25, -0.2) is 0 Å². The molecule has 0 aromatic heterocycles. The monoisotopic (exact) mass is 454 g/mol. The summed E-state index contributed by atoms with van der Waals surface area (Å²) >= 11 is 0. The first-order chi connectivity index (χ1) is 15.9. The minimum Gasteiger partial charge on any atom is -0.493 e. The summed E-state index contributed by atoms with van der Waals surface area (Å²) in [6, 6.07) is 13.1. The molecule has 2 aromatic carbocycles. The molecule has 9 nitrogen and oxygen atoms in total. The Kier molecular flexibility index (Phi) is 8.15. The molecule has 0 fully saturated rings. The number of rotatable bonds is 13. The largest absolute Gasteiger partial charge is 0.493 e. The van der Waals surface area contributed by atoms with Gasteiger partial charge in [-0.05, 0) is 37.0 Å². The summed E-state index contributed by atoms with van der Waals surface area (Å²) in [5.74, 6) is -3.27. The number of hydrogen-bond donors (Lipinski definition) is 2. The van der Waals surface area contributed by atoms with Crippen molar-refractivity contribution in [1.29, 1.82) is 0 Å². The number of unbranched alkanes of at least 4 members (excludes halogenated alkanes) is 1. The van der Waals surface area contributed by atoms with Crippen LogP contribution in [0.2, 0.25) is 0 Å². The molecule has 1 aliphatic rings. The lowest BCUT2D eigenvalue weighted by Gasteiger charge is -2.22. The number of carbonyl (C=O) groups excluding carboxylic acids is 3. The second-order valence-corrected chi connectivity index (χ2v) is 7.60. The molecule has 0 bridgehead atoms. The number of carbonyl (C=O) groups is 4. The van der Waals surface area contributed by atoms with Gasteiger partial charge in [-0.1, -0.05) is 36.4 Å². The smallest absolute Gasteiger partial charge is 0.303 e. The molecular weight excluding hydrogens is 428 g/mol. The first-order valence-electron chi connectivity index (χ1n) is 10.7. The van der Waals surface area contributed by atoms with Crippen LogP contribution in [-0.2, 0) is 20.9 Å². The fourth-order valence-electron chi connectivity index (χ4n) is 3.59.